The molecule has 0 amide bonds. The Kier molecular flexibility index (Phi) is 4.58. The SMILES string of the molecule is Cn1c(-n2cccc2)c(-c2c(-c3ccc4ccccc4c3)[nH]c3c2c(=O)[nH]c(=O)n3C)c(=O)[nH]c1=O. The molecule has 2 aromatic carbocycles. The van der Waals surface area contributed by atoms with Crippen molar-refractivity contribution in [3.8, 4) is 28.2 Å². The van der Waals surface area contributed by atoms with Crippen LogP contribution in [0.3, 0.4) is 0 Å². The Labute approximate surface area is 201 Å². The first-order valence-corrected chi connectivity index (χ1v) is 11.2. The fourth-order valence-electron chi connectivity index (χ4n) is 4.73. The predicted octanol–water partition coefficient (Wildman–Crippen LogP) is 2.22. The van der Waals surface area contributed by atoms with Gasteiger partial charge in [-0.2, -0.15) is 0 Å². The molecule has 0 saturated carbocycles. The van der Waals surface area contributed by atoms with Crippen molar-refractivity contribution < 1.29 is 0 Å². The van der Waals surface area contributed by atoms with Crippen LogP contribution in [0.25, 0.3) is 50.0 Å². The number of H-pyrrole nitrogens is 3. The van der Waals surface area contributed by atoms with Crippen LogP contribution in [0.2, 0.25) is 0 Å². The van der Waals surface area contributed by atoms with Gasteiger partial charge >= 0.3 is 11.4 Å². The molecular formula is C26H20N6O4. The molecule has 36 heavy (non-hydrogen) atoms. The fourth-order valence-corrected chi connectivity index (χ4v) is 4.73. The molecule has 4 heterocycles. The van der Waals surface area contributed by atoms with Crippen LogP contribution in [-0.2, 0) is 14.1 Å². The van der Waals surface area contributed by atoms with Gasteiger partial charge in [0.1, 0.15) is 11.5 Å². The highest BCUT2D eigenvalue weighted by Crippen LogP contribution is 2.38. The number of fused-ring (bicyclic) bond motifs is 2. The Balaban J connectivity index is 1.84. The first-order chi connectivity index (χ1) is 17.3. The zero-order valence-electron chi connectivity index (χ0n) is 19.3. The van der Waals surface area contributed by atoms with Gasteiger partial charge < -0.3 is 9.55 Å². The van der Waals surface area contributed by atoms with E-state index < -0.39 is 22.5 Å². The lowest BCUT2D eigenvalue weighted by atomic mass is 9.98. The van der Waals surface area contributed by atoms with E-state index in [4.69, 9.17) is 0 Å². The second-order valence-corrected chi connectivity index (χ2v) is 8.59. The highest BCUT2D eigenvalue weighted by Gasteiger charge is 2.26. The Morgan fingerprint density at radius 3 is 2.08 bits per heavy atom. The molecule has 6 rings (SSSR count). The molecule has 10 heteroatoms. The van der Waals surface area contributed by atoms with Gasteiger partial charge in [0.2, 0.25) is 0 Å². The van der Waals surface area contributed by atoms with E-state index in [9.17, 15) is 19.2 Å². The normalized spacial score (nSPS) is 11.5. The van der Waals surface area contributed by atoms with Crippen LogP contribution in [0.1, 0.15) is 0 Å². The summed E-state index contributed by atoms with van der Waals surface area (Å²) in [4.78, 5) is 59.5. The summed E-state index contributed by atoms with van der Waals surface area (Å²) >= 11 is 0. The van der Waals surface area contributed by atoms with Crippen molar-refractivity contribution in [1.82, 2.24) is 28.7 Å². The molecule has 4 aromatic heterocycles. The second kappa shape index (κ2) is 7.70. The quantitative estimate of drug-likeness (QED) is 0.359. The van der Waals surface area contributed by atoms with E-state index in [0.29, 0.717) is 11.3 Å². The Morgan fingerprint density at radius 1 is 0.667 bits per heavy atom. The lowest BCUT2D eigenvalue weighted by Gasteiger charge is -2.15. The summed E-state index contributed by atoms with van der Waals surface area (Å²) < 4.78 is 4.25. The number of aromatic nitrogens is 6. The summed E-state index contributed by atoms with van der Waals surface area (Å²) in [5.41, 5.74) is -0.640. The molecule has 0 aliphatic carbocycles. The highest BCUT2D eigenvalue weighted by molar-refractivity contribution is 6.04. The molecule has 10 nitrogen and oxygen atoms in total. The van der Waals surface area contributed by atoms with Gasteiger partial charge in [0.25, 0.3) is 11.1 Å². The maximum atomic E-state index is 13.4. The van der Waals surface area contributed by atoms with Crippen LogP contribution in [0, 0.1) is 0 Å². The minimum Gasteiger partial charge on any atom is -0.340 e. The average Bonchev–Trinajstić information content (AvgIpc) is 3.53. The Morgan fingerprint density at radius 2 is 1.33 bits per heavy atom. The molecule has 0 aliphatic rings. The Hall–Kier alpha value is -5.12. The third-order valence-corrected chi connectivity index (χ3v) is 6.50. The summed E-state index contributed by atoms with van der Waals surface area (Å²) in [5, 5.41) is 2.12. The maximum absolute atomic E-state index is 13.4. The van der Waals surface area contributed by atoms with Crippen LogP contribution in [0.15, 0.2) is 86.2 Å². The molecular weight excluding hydrogens is 460 g/mol. The largest absolute Gasteiger partial charge is 0.340 e. The highest BCUT2D eigenvalue weighted by atomic mass is 16.2. The summed E-state index contributed by atoms with van der Waals surface area (Å²) in [6.07, 6.45) is 3.42. The van der Waals surface area contributed by atoms with Crippen molar-refractivity contribution in [2.45, 2.75) is 0 Å². The monoisotopic (exact) mass is 480 g/mol. The molecule has 178 valence electrons. The molecule has 0 fully saturated rings. The lowest BCUT2D eigenvalue weighted by Crippen LogP contribution is -2.33. The summed E-state index contributed by atoms with van der Waals surface area (Å²) in [6.45, 7) is 0. The van der Waals surface area contributed by atoms with E-state index in [1.807, 2.05) is 42.5 Å². The number of hydrogen-bond donors (Lipinski definition) is 3. The molecule has 0 radical (unpaired) electrons. The van der Waals surface area contributed by atoms with Crippen LogP contribution in [-0.4, -0.2) is 28.7 Å². The number of aromatic amines is 3. The molecule has 0 spiro atoms. The van der Waals surface area contributed by atoms with Gasteiger partial charge in [-0.25, -0.2) is 9.59 Å². The van der Waals surface area contributed by atoms with Gasteiger partial charge in [0.05, 0.1) is 16.6 Å². The molecule has 6 aromatic rings. The van der Waals surface area contributed by atoms with Gasteiger partial charge in [-0.3, -0.25) is 28.7 Å². The average molecular weight is 480 g/mol. The first-order valence-electron chi connectivity index (χ1n) is 11.2. The third kappa shape index (κ3) is 3.04. The van der Waals surface area contributed by atoms with Gasteiger partial charge in [-0.15, -0.1) is 0 Å². The number of hydrogen-bond acceptors (Lipinski definition) is 4. The van der Waals surface area contributed by atoms with Crippen LogP contribution < -0.4 is 22.5 Å². The van der Waals surface area contributed by atoms with Crippen molar-refractivity contribution in [1.29, 1.82) is 0 Å². The van der Waals surface area contributed by atoms with Crippen molar-refractivity contribution >= 4 is 21.8 Å². The predicted molar refractivity (Wildman–Crippen MR) is 138 cm³/mol. The van der Waals surface area contributed by atoms with Gasteiger partial charge in [-0.05, 0) is 34.5 Å². The van der Waals surface area contributed by atoms with Crippen molar-refractivity contribution in [3.63, 3.8) is 0 Å². The summed E-state index contributed by atoms with van der Waals surface area (Å²) in [5.74, 6) is 0.282. The van der Waals surface area contributed by atoms with E-state index in [1.165, 1.54) is 16.2 Å². The smallest absolute Gasteiger partial charge is 0.329 e. The van der Waals surface area contributed by atoms with Crippen molar-refractivity contribution in [2.24, 2.45) is 14.1 Å². The molecule has 0 aliphatic heterocycles. The maximum Gasteiger partial charge on any atom is 0.329 e. The van der Waals surface area contributed by atoms with Gasteiger partial charge in [-0.1, -0.05) is 36.4 Å². The third-order valence-electron chi connectivity index (χ3n) is 6.50. The molecule has 0 bridgehead atoms. The van der Waals surface area contributed by atoms with Gasteiger partial charge in [0, 0.05) is 32.1 Å². The first kappa shape index (κ1) is 21.4. The topological polar surface area (TPSA) is 130 Å². The number of nitrogens with zero attached hydrogens (tertiary/aromatic N) is 3. The minimum atomic E-state index is -0.655. The van der Waals surface area contributed by atoms with E-state index in [1.54, 1.807) is 36.1 Å². The second-order valence-electron chi connectivity index (χ2n) is 8.59. The molecule has 0 atom stereocenters. The molecule has 3 N–H and O–H groups in total. The molecule has 0 saturated heterocycles. The number of rotatable bonds is 3. The summed E-state index contributed by atoms with van der Waals surface area (Å²) in [6, 6.07) is 17.1. The molecule has 0 unspecified atom stereocenters. The van der Waals surface area contributed by atoms with Gasteiger partial charge in [0.15, 0.2) is 0 Å². The minimum absolute atomic E-state index is 0.117. The number of nitrogens with one attached hydrogen (secondary N) is 3. The number of benzene rings is 2. The Bertz CT molecular complexity index is 2050. The zero-order chi connectivity index (χ0) is 25.1. The van der Waals surface area contributed by atoms with Crippen molar-refractivity contribution in [3.05, 3.63) is 109 Å². The lowest BCUT2D eigenvalue weighted by molar-refractivity contribution is 0.755. The number of aryl methyl sites for hydroxylation is 1. The van der Waals surface area contributed by atoms with Crippen molar-refractivity contribution in [2.75, 3.05) is 0 Å². The van der Waals surface area contributed by atoms with E-state index in [2.05, 4.69) is 15.0 Å². The van der Waals surface area contributed by atoms with E-state index in [0.717, 1.165) is 10.8 Å². The van der Waals surface area contributed by atoms with E-state index in [-0.39, 0.29) is 28.0 Å². The summed E-state index contributed by atoms with van der Waals surface area (Å²) in [7, 11) is 3.07. The fraction of sp³-hybridized carbons (Fsp3) is 0.0769. The van der Waals surface area contributed by atoms with E-state index >= 15 is 0 Å². The van der Waals surface area contributed by atoms with Crippen LogP contribution >= 0.6 is 0 Å². The standard InChI is InChI=1S/C26H20N6O4/c1-30-21-18(22(33)28-25(30)35)17(20(27-21)16-10-9-14-7-3-4-8-15(14)13-16)19-23(34)29-26(36)31(2)24(19)32-11-5-6-12-32/h3-13,27H,1-2H3,(H,28,33,35)(H,29,34,36). The van der Waals surface area contributed by atoms with Crippen LogP contribution in [0.5, 0.6) is 0 Å². The zero-order valence-corrected chi connectivity index (χ0v) is 19.3. The van der Waals surface area contributed by atoms with Crippen LogP contribution in [0.4, 0.5) is 0 Å².